The van der Waals surface area contributed by atoms with Crippen LogP contribution in [0.1, 0.15) is 12.8 Å². The Balaban J connectivity index is -0.000000500. The number of hydrogen-bond acceptors (Lipinski definition) is 5. The van der Waals surface area contributed by atoms with Gasteiger partial charge < -0.3 is 25.1 Å². The maximum absolute atomic E-state index is 10.2. The summed E-state index contributed by atoms with van der Waals surface area (Å²) in [6.07, 6.45) is -0.291. The van der Waals surface area contributed by atoms with Crippen LogP contribution in [-0.2, 0) is 9.59 Å². The largest absolute Gasteiger partial charge is 1.00 e. The van der Waals surface area contributed by atoms with Crippen LogP contribution in [0.25, 0.3) is 0 Å². The number of likely N-dealkylation sites (N-methyl/N-ethyl adjacent to an activating group) is 1. The number of carboxylic acid groups (broad SMARTS) is 2. The molecule has 0 aliphatic rings. The fourth-order valence-electron chi connectivity index (χ4n) is 0.642. The molecule has 5 nitrogen and oxygen atoms in total. The molecule has 0 radical (unpaired) electrons. The monoisotopic (exact) mass is 237 g/mol. The maximum atomic E-state index is 10.2. The Kier molecular flexibility index (Phi) is 19.4. The number of rotatable bonds is 5. The van der Waals surface area contributed by atoms with Crippen molar-refractivity contribution in [2.45, 2.75) is 18.9 Å². The summed E-state index contributed by atoms with van der Waals surface area (Å²) in [7, 11) is 1.43. The SMILES string of the molecule is CN[C@@H](CCC(=O)[O-])C(=O)[O-].[K+].[K+]. The number of nitrogens with one attached hydrogen (secondary N) is 1. The van der Waals surface area contributed by atoms with E-state index in [-0.39, 0.29) is 116 Å². The quantitative estimate of drug-likeness (QED) is 0.479. The van der Waals surface area contributed by atoms with Crippen molar-refractivity contribution in [2.24, 2.45) is 0 Å². The van der Waals surface area contributed by atoms with Crippen molar-refractivity contribution in [2.75, 3.05) is 7.05 Å². The van der Waals surface area contributed by atoms with Crippen LogP contribution in [0.4, 0.5) is 0 Å². The third-order valence-electron chi connectivity index (χ3n) is 1.27. The first-order valence-electron chi connectivity index (χ1n) is 3.16. The first kappa shape index (κ1) is 20.6. The van der Waals surface area contributed by atoms with E-state index in [9.17, 15) is 19.8 Å². The average molecular weight is 237 g/mol. The molecule has 0 bridgehead atoms. The summed E-state index contributed by atoms with van der Waals surface area (Å²) in [6, 6.07) is -0.909. The predicted molar refractivity (Wildman–Crippen MR) is 32.1 cm³/mol. The van der Waals surface area contributed by atoms with Gasteiger partial charge in [-0.25, -0.2) is 0 Å². The van der Waals surface area contributed by atoms with Crippen molar-refractivity contribution in [3.8, 4) is 0 Å². The normalized spacial score (nSPS) is 10.5. The van der Waals surface area contributed by atoms with Crippen LogP contribution in [0.5, 0.6) is 0 Å². The van der Waals surface area contributed by atoms with E-state index in [1.165, 1.54) is 7.05 Å². The number of carbonyl (C=O) groups is 2. The molecule has 0 unspecified atom stereocenters. The predicted octanol–water partition coefficient (Wildman–Crippen LogP) is -9.14. The van der Waals surface area contributed by atoms with Gasteiger partial charge in [-0.1, -0.05) is 0 Å². The molecule has 1 N–H and O–H groups in total. The topological polar surface area (TPSA) is 92.3 Å². The number of carboxylic acids is 2. The van der Waals surface area contributed by atoms with Crippen LogP contribution in [-0.4, -0.2) is 25.0 Å². The van der Waals surface area contributed by atoms with Crippen molar-refractivity contribution in [3.05, 3.63) is 0 Å². The van der Waals surface area contributed by atoms with Crippen molar-refractivity contribution in [3.63, 3.8) is 0 Å². The molecular weight excluding hydrogens is 228 g/mol. The Bertz CT molecular complexity index is 165. The second kappa shape index (κ2) is 12.2. The molecule has 0 aromatic rings. The number of carbonyl (C=O) groups excluding carboxylic acids is 2. The van der Waals surface area contributed by atoms with Gasteiger partial charge in [0.05, 0.1) is 5.97 Å². The number of aliphatic carboxylic acids is 2. The van der Waals surface area contributed by atoms with Gasteiger partial charge in [0.2, 0.25) is 0 Å². The summed E-state index contributed by atoms with van der Waals surface area (Å²) in [4.78, 5) is 20.0. The molecule has 0 spiro atoms. The van der Waals surface area contributed by atoms with Gasteiger partial charge in [-0.3, -0.25) is 0 Å². The van der Waals surface area contributed by atoms with E-state index in [0.717, 1.165) is 0 Å². The minimum absolute atomic E-state index is 0. The average Bonchev–Trinajstić information content (AvgIpc) is 1.87. The van der Waals surface area contributed by atoms with Gasteiger partial charge in [-0.15, -0.1) is 0 Å². The fourth-order valence-corrected chi connectivity index (χ4v) is 0.642. The van der Waals surface area contributed by atoms with Gasteiger partial charge in [-0.2, -0.15) is 0 Å². The van der Waals surface area contributed by atoms with Gasteiger partial charge in [0.15, 0.2) is 0 Å². The van der Waals surface area contributed by atoms with Gasteiger partial charge >= 0.3 is 103 Å². The van der Waals surface area contributed by atoms with E-state index >= 15 is 0 Å². The molecule has 0 saturated heterocycles. The standard InChI is InChI=1S/C6H11NO4.2K/c1-7-4(6(10)11)2-3-5(8)9;;/h4,7H,2-3H2,1H3,(H,8,9)(H,10,11);;/q;2*+1/p-2/t4-;;/m0../s1. The minimum Gasteiger partial charge on any atom is -0.550 e. The van der Waals surface area contributed by atoms with Gasteiger partial charge in [0, 0.05) is 12.0 Å². The second-order valence-corrected chi connectivity index (χ2v) is 2.07. The zero-order valence-corrected chi connectivity index (χ0v) is 14.4. The summed E-state index contributed by atoms with van der Waals surface area (Å²) in [6.45, 7) is 0. The molecule has 0 heterocycles. The first-order chi connectivity index (χ1) is 5.07. The summed E-state index contributed by atoms with van der Waals surface area (Å²) in [5.74, 6) is -2.56. The van der Waals surface area contributed by atoms with E-state index in [1.54, 1.807) is 0 Å². The van der Waals surface area contributed by atoms with Crippen molar-refractivity contribution < 1.29 is 123 Å². The Morgan fingerprint density at radius 1 is 1.31 bits per heavy atom. The van der Waals surface area contributed by atoms with Crippen LogP contribution >= 0.6 is 0 Å². The van der Waals surface area contributed by atoms with E-state index in [4.69, 9.17) is 0 Å². The molecule has 0 aromatic heterocycles. The van der Waals surface area contributed by atoms with Gasteiger partial charge in [0.25, 0.3) is 0 Å². The van der Waals surface area contributed by atoms with Crippen molar-refractivity contribution >= 4 is 11.9 Å². The molecule has 0 amide bonds. The molecule has 13 heavy (non-hydrogen) atoms. The van der Waals surface area contributed by atoms with E-state index in [2.05, 4.69) is 5.32 Å². The molecule has 7 heteroatoms. The van der Waals surface area contributed by atoms with Crippen LogP contribution in [0.15, 0.2) is 0 Å². The molecular formula is C6H9K2NO4. The zero-order valence-electron chi connectivity index (χ0n) is 8.12. The maximum Gasteiger partial charge on any atom is 1.00 e. The summed E-state index contributed by atoms with van der Waals surface area (Å²) in [5, 5.41) is 22.4. The van der Waals surface area contributed by atoms with Crippen molar-refractivity contribution in [1.29, 1.82) is 0 Å². The molecule has 1 atom stereocenters. The molecule has 0 rings (SSSR count). The molecule has 0 aliphatic heterocycles. The van der Waals surface area contributed by atoms with Crippen LogP contribution in [0.2, 0.25) is 0 Å². The van der Waals surface area contributed by atoms with Gasteiger partial charge in [0.1, 0.15) is 0 Å². The molecule has 0 fully saturated rings. The van der Waals surface area contributed by atoms with Crippen LogP contribution in [0.3, 0.4) is 0 Å². The summed E-state index contributed by atoms with van der Waals surface area (Å²) >= 11 is 0. The third kappa shape index (κ3) is 12.1. The Labute approximate surface area is 162 Å². The van der Waals surface area contributed by atoms with Crippen molar-refractivity contribution in [1.82, 2.24) is 5.32 Å². The second-order valence-electron chi connectivity index (χ2n) is 2.07. The summed E-state index contributed by atoms with van der Waals surface area (Å²) in [5.41, 5.74) is 0. The van der Waals surface area contributed by atoms with E-state index in [0.29, 0.717) is 0 Å². The van der Waals surface area contributed by atoms with Gasteiger partial charge in [-0.05, 0) is 19.9 Å². The smallest absolute Gasteiger partial charge is 0.550 e. The first-order valence-corrected chi connectivity index (χ1v) is 3.16. The Morgan fingerprint density at radius 3 is 2.00 bits per heavy atom. The molecule has 0 saturated carbocycles. The van der Waals surface area contributed by atoms with E-state index < -0.39 is 18.0 Å². The molecule has 64 valence electrons. The summed E-state index contributed by atoms with van der Waals surface area (Å²) < 4.78 is 0. The number of hydrogen-bond donors (Lipinski definition) is 1. The fraction of sp³-hybridized carbons (Fsp3) is 0.667. The minimum atomic E-state index is -1.30. The Morgan fingerprint density at radius 2 is 1.77 bits per heavy atom. The van der Waals surface area contributed by atoms with Crippen LogP contribution in [0, 0.1) is 0 Å². The molecule has 0 aromatic carbocycles. The van der Waals surface area contributed by atoms with Crippen LogP contribution < -0.4 is 118 Å². The Hall–Kier alpha value is 2.17. The van der Waals surface area contributed by atoms with E-state index in [1.807, 2.05) is 0 Å². The zero-order chi connectivity index (χ0) is 8.85. The third-order valence-corrected chi connectivity index (χ3v) is 1.27. The molecule has 0 aliphatic carbocycles.